The van der Waals surface area contributed by atoms with Gasteiger partial charge in [-0.2, -0.15) is 0 Å². The van der Waals surface area contributed by atoms with E-state index in [0.717, 1.165) is 5.92 Å². The van der Waals surface area contributed by atoms with Gasteiger partial charge < -0.3 is 5.73 Å². The van der Waals surface area contributed by atoms with E-state index in [2.05, 4.69) is 38.1 Å². The Balaban J connectivity index is 2.17. The largest absolute Gasteiger partial charge is 0.323 e. The molecule has 0 amide bonds. The van der Waals surface area contributed by atoms with Gasteiger partial charge in [0.1, 0.15) is 0 Å². The van der Waals surface area contributed by atoms with Crippen molar-refractivity contribution in [2.45, 2.75) is 36.5 Å². The Bertz CT molecular complexity index is 322. The average molecular weight is 207 g/mol. The molecule has 2 rings (SSSR count). The van der Waals surface area contributed by atoms with Gasteiger partial charge in [0.25, 0.3) is 0 Å². The van der Waals surface area contributed by atoms with Crippen LogP contribution in [-0.4, -0.2) is 5.25 Å². The van der Waals surface area contributed by atoms with E-state index in [0.29, 0.717) is 5.25 Å². The fourth-order valence-corrected chi connectivity index (χ4v) is 3.56. The highest BCUT2D eigenvalue weighted by Crippen LogP contribution is 2.44. The van der Waals surface area contributed by atoms with Crippen LogP contribution in [0.5, 0.6) is 0 Å². The molecule has 1 aliphatic heterocycles. The normalized spacial score (nSPS) is 25.4. The molecule has 0 aromatic heterocycles. The van der Waals surface area contributed by atoms with Crippen LogP contribution in [0.15, 0.2) is 29.2 Å². The van der Waals surface area contributed by atoms with Crippen LogP contribution in [0.4, 0.5) is 0 Å². The van der Waals surface area contributed by atoms with Crippen molar-refractivity contribution in [3.8, 4) is 0 Å². The van der Waals surface area contributed by atoms with Gasteiger partial charge in [-0.1, -0.05) is 32.0 Å². The summed E-state index contributed by atoms with van der Waals surface area (Å²) in [5, 5.41) is 0.576. The van der Waals surface area contributed by atoms with Gasteiger partial charge in [0.05, 0.1) is 0 Å². The minimum Gasteiger partial charge on any atom is -0.323 e. The Kier molecular flexibility index (Phi) is 2.84. The van der Waals surface area contributed by atoms with Gasteiger partial charge in [0.2, 0.25) is 0 Å². The van der Waals surface area contributed by atoms with Gasteiger partial charge in [-0.3, -0.25) is 0 Å². The fraction of sp³-hybridized carbons (Fsp3) is 0.500. The summed E-state index contributed by atoms with van der Waals surface area (Å²) in [5.74, 6) is 0.730. The minimum absolute atomic E-state index is 0.235. The SMILES string of the molecule is CC(C)CC1Sc2ccccc2C1N. The zero-order valence-electron chi connectivity index (χ0n) is 8.73. The second kappa shape index (κ2) is 3.95. The van der Waals surface area contributed by atoms with Crippen LogP contribution in [0, 0.1) is 5.92 Å². The lowest BCUT2D eigenvalue weighted by Crippen LogP contribution is -2.20. The first-order valence-electron chi connectivity index (χ1n) is 5.19. The van der Waals surface area contributed by atoms with E-state index >= 15 is 0 Å². The summed E-state index contributed by atoms with van der Waals surface area (Å²) in [4.78, 5) is 1.38. The van der Waals surface area contributed by atoms with Gasteiger partial charge in [-0.15, -0.1) is 11.8 Å². The van der Waals surface area contributed by atoms with E-state index in [-0.39, 0.29) is 6.04 Å². The molecule has 2 unspecified atom stereocenters. The Hall–Kier alpha value is -0.470. The second-order valence-electron chi connectivity index (χ2n) is 4.35. The second-order valence-corrected chi connectivity index (χ2v) is 5.63. The van der Waals surface area contributed by atoms with Crippen molar-refractivity contribution in [3.05, 3.63) is 29.8 Å². The topological polar surface area (TPSA) is 26.0 Å². The van der Waals surface area contributed by atoms with Crippen LogP contribution in [0.25, 0.3) is 0 Å². The van der Waals surface area contributed by atoms with Crippen LogP contribution in [0.2, 0.25) is 0 Å². The van der Waals surface area contributed by atoms with Crippen LogP contribution >= 0.6 is 11.8 Å². The lowest BCUT2D eigenvalue weighted by molar-refractivity contribution is 0.525. The molecule has 0 saturated carbocycles. The molecular weight excluding hydrogens is 190 g/mol. The summed E-state index contributed by atoms with van der Waals surface area (Å²) in [5.41, 5.74) is 7.55. The molecular formula is C12H17NS. The molecule has 0 saturated heterocycles. The van der Waals surface area contributed by atoms with Crippen LogP contribution in [0.3, 0.4) is 0 Å². The zero-order chi connectivity index (χ0) is 10.1. The van der Waals surface area contributed by atoms with Gasteiger partial charge in [0.15, 0.2) is 0 Å². The summed E-state index contributed by atoms with van der Waals surface area (Å²) in [6.45, 7) is 4.52. The maximum atomic E-state index is 6.22. The maximum Gasteiger partial charge on any atom is 0.0430 e. The van der Waals surface area contributed by atoms with Gasteiger partial charge in [-0.05, 0) is 24.0 Å². The molecule has 1 aromatic carbocycles. The summed E-state index contributed by atoms with van der Waals surface area (Å²) in [7, 11) is 0. The lowest BCUT2D eigenvalue weighted by atomic mass is 9.98. The van der Waals surface area contributed by atoms with E-state index in [4.69, 9.17) is 5.73 Å². The number of nitrogens with two attached hydrogens (primary N) is 1. The average Bonchev–Trinajstić information content (AvgIpc) is 2.44. The van der Waals surface area contributed by atoms with E-state index in [1.807, 2.05) is 11.8 Å². The van der Waals surface area contributed by atoms with Crippen molar-refractivity contribution in [3.63, 3.8) is 0 Å². The monoisotopic (exact) mass is 207 g/mol. The highest BCUT2D eigenvalue weighted by Gasteiger charge is 2.30. The highest BCUT2D eigenvalue weighted by molar-refractivity contribution is 8.00. The molecule has 0 bridgehead atoms. The summed E-state index contributed by atoms with van der Waals surface area (Å²) in [6.07, 6.45) is 1.21. The molecule has 2 atom stereocenters. The number of thioether (sulfide) groups is 1. The first-order chi connectivity index (χ1) is 6.68. The smallest absolute Gasteiger partial charge is 0.0430 e. The third-order valence-corrected chi connectivity index (χ3v) is 4.07. The summed E-state index contributed by atoms with van der Waals surface area (Å²) in [6, 6.07) is 8.75. The molecule has 2 N–H and O–H groups in total. The minimum atomic E-state index is 0.235. The fourth-order valence-electron chi connectivity index (χ4n) is 1.96. The van der Waals surface area contributed by atoms with Crippen molar-refractivity contribution >= 4 is 11.8 Å². The van der Waals surface area contributed by atoms with Crippen molar-refractivity contribution in [1.82, 2.24) is 0 Å². The quantitative estimate of drug-likeness (QED) is 0.806. The molecule has 76 valence electrons. The van der Waals surface area contributed by atoms with E-state index < -0.39 is 0 Å². The van der Waals surface area contributed by atoms with E-state index in [9.17, 15) is 0 Å². The molecule has 1 aliphatic rings. The van der Waals surface area contributed by atoms with Crippen molar-refractivity contribution in [2.24, 2.45) is 11.7 Å². The first kappa shape index (κ1) is 10.1. The van der Waals surface area contributed by atoms with Gasteiger partial charge >= 0.3 is 0 Å². The standard InChI is InChI=1S/C12H17NS/c1-8(2)7-11-12(13)9-5-3-4-6-10(9)14-11/h3-6,8,11-12H,7,13H2,1-2H3. The van der Waals surface area contributed by atoms with E-state index in [1.54, 1.807) is 0 Å². The predicted octanol–water partition coefficient (Wildman–Crippen LogP) is 3.21. The lowest BCUT2D eigenvalue weighted by Gasteiger charge is -2.16. The Labute approximate surface area is 90.1 Å². The molecule has 0 spiro atoms. The Morgan fingerprint density at radius 2 is 2.07 bits per heavy atom. The van der Waals surface area contributed by atoms with Gasteiger partial charge in [0, 0.05) is 16.2 Å². The Morgan fingerprint density at radius 1 is 1.36 bits per heavy atom. The van der Waals surface area contributed by atoms with Crippen LogP contribution in [0.1, 0.15) is 31.9 Å². The summed E-state index contributed by atoms with van der Waals surface area (Å²) >= 11 is 1.95. The highest BCUT2D eigenvalue weighted by atomic mass is 32.2. The number of benzene rings is 1. The molecule has 0 aliphatic carbocycles. The summed E-state index contributed by atoms with van der Waals surface area (Å²) < 4.78 is 0. The van der Waals surface area contributed by atoms with Gasteiger partial charge in [-0.25, -0.2) is 0 Å². The number of hydrogen-bond acceptors (Lipinski definition) is 2. The first-order valence-corrected chi connectivity index (χ1v) is 6.07. The molecule has 1 aromatic rings. The number of rotatable bonds is 2. The third-order valence-electron chi connectivity index (χ3n) is 2.66. The zero-order valence-corrected chi connectivity index (χ0v) is 9.55. The number of fused-ring (bicyclic) bond motifs is 1. The van der Waals surface area contributed by atoms with E-state index in [1.165, 1.54) is 16.9 Å². The predicted molar refractivity (Wildman–Crippen MR) is 62.5 cm³/mol. The van der Waals surface area contributed by atoms with Crippen LogP contribution in [-0.2, 0) is 0 Å². The molecule has 1 heterocycles. The molecule has 2 heteroatoms. The molecule has 0 radical (unpaired) electrons. The van der Waals surface area contributed by atoms with Crippen LogP contribution < -0.4 is 5.73 Å². The third kappa shape index (κ3) is 1.82. The van der Waals surface area contributed by atoms with Crippen molar-refractivity contribution < 1.29 is 0 Å². The van der Waals surface area contributed by atoms with Crippen molar-refractivity contribution in [1.29, 1.82) is 0 Å². The molecule has 0 fully saturated rings. The molecule has 1 nitrogen and oxygen atoms in total. The number of hydrogen-bond donors (Lipinski definition) is 1. The molecule has 14 heavy (non-hydrogen) atoms. The maximum absolute atomic E-state index is 6.22. The Morgan fingerprint density at radius 3 is 2.71 bits per heavy atom. The van der Waals surface area contributed by atoms with Crippen molar-refractivity contribution in [2.75, 3.05) is 0 Å².